The molecule has 1 saturated heterocycles. The molecule has 4 nitrogen and oxygen atoms in total. The smallest absolute Gasteiger partial charge is 0.185 e. The number of nitrogens with zero attached hydrogens (tertiary/aromatic N) is 3. The SMILES string of the molecule is NC(=S)CCCCN1CCN(c2nccs2)CC1. The van der Waals surface area contributed by atoms with Crippen molar-refractivity contribution in [2.75, 3.05) is 37.6 Å². The van der Waals surface area contributed by atoms with Crippen molar-refractivity contribution in [1.82, 2.24) is 9.88 Å². The van der Waals surface area contributed by atoms with E-state index in [2.05, 4.69) is 14.8 Å². The van der Waals surface area contributed by atoms with E-state index in [1.807, 2.05) is 11.6 Å². The minimum Gasteiger partial charge on any atom is -0.393 e. The summed E-state index contributed by atoms with van der Waals surface area (Å²) in [4.78, 5) is 9.89. The highest BCUT2D eigenvalue weighted by atomic mass is 32.1. The molecule has 0 bridgehead atoms. The lowest BCUT2D eigenvalue weighted by Crippen LogP contribution is -2.46. The summed E-state index contributed by atoms with van der Waals surface area (Å²) in [7, 11) is 0. The quantitative estimate of drug-likeness (QED) is 0.636. The Bertz CT molecular complexity index is 358. The van der Waals surface area contributed by atoms with Crippen LogP contribution in [-0.2, 0) is 0 Å². The summed E-state index contributed by atoms with van der Waals surface area (Å²) in [5.41, 5.74) is 5.49. The van der Waals surface area contributed by atoms with Gasteiger partial charge >= 0.3 is 0 Å². The molecule has 1 aliphatic heterocycles. The van der Waals surface area contributed by atoms with E-state index >= 15 is 0 Å². The van der Waals surface area contributed by atoms with Gasteiger partial charge in [-0.3, -0.25) is 4.90 Å². The average molecular weight is 284 g/mol. The van der Waals surface area contributed by atoms with Crippen LogP contribution in [0.1, 0.15) is 19.3 Å². The number of unbranched alkanes of at least 4 members (excludes halogenated alkanes) is 1. The molecule has 1 fully saturated rings. The maximum atomic E-state index is 5.49. The molecule has 0 unspecified atom stereocenters. The van der Waals surface area contributed by atoms with Gasteiger partial charge in [0.2, 0.25) is 0 Å². The third kappa shape index (κ3) is 4.19. The van der Waals surface area contributed by atoms with Gasteiger partial charge in [-0.15, -0.1) is 11.3 Å². The predicted molar refractivity (Wildman–Crippen MR) is 81.4 cm³/mol. The Morgan fingerprint density at radius 3 is 2.72 bits per heavy atom. The maximum absolute atomic E-state index is 5.49. The van der Waals surface area contributed by atoms with Crippen LogP contribution in [0.15, 0.2) is 11.6 Å². The molecule has 1 aliphatic rings. The molecule has 1 aromatic rings. The number of rotatable bonds is 6. The molecular formula is C12H20N4S2. The van der Waals surface area contributed by atoms with E-state index in [0.29, 0.717) is 4.99 Å². The molecule has 0 radical (unpaired) electrons. The molecule has 0 amide bonds. The number of piperazine rings is 1. The Morgan fingerprint density at radius 1 is 1.33 bits per heavy atom. The Hall–Kier alpha value is -0.720. The molecule has 0 spiro atoms. The topological polar surface area (TPSA) is 45.4 Å². The minimum atomic E-state index is 0.642. The summed E-state index contributed by atoms with van der Waals surface area (Å²) < 4.78 is 0. The van der Waals surface area contributed by atoms with Crippen LogP contribution in [0.3, 0.4) is 0 Å². The first-order valence-corrected chi connectivity index (χ1v) is 7.69. The number of nitrogens with two attached hydrogens (primary N) is 1. The lowest BCUT2D eigenvalue weighted by Gasteiger charge is -2.34. The molecule has 0 aliphatic carbocycles. The van der Waals surface area contributed by atoms with E-state index in [1.54, 1.807) is 11.3 Å². The minimum absolute atomic E-state index is 0.642. The molecule has 2 N–H and O–H groups in total. The van der Waals surface area contributed by atoms with E-state index in [1.165, 1.54) is 6.42 Å². The molecule has 100 valence electrons. The van der Waals surface area contributed by atoms with Gasteiger partial charge in [0.15, 0.2) is 5.13 Å². The molecule has 0 atom stereocenters. The average Bonchev–Trinajstić information content (AvgIpc) is 2.89. The monoisotopic (exact) mass is 284 g/mol. The first kappa shape index (κ1) is 13.7. The fourth-order valence-corrected chi connectivity index (χ4v) is 3.01. The molecule has 6 heteroatoms. The third-order valence-electron chi connectivity index (χ3n) is 3.21. The molecule has 18 heavy (non-hydrogen) atoms. The Labute approximate surface area is 118 Å². The molecule has 1 aromatic heterocycles. The number of anilines is 1. The van der Waals surface area contributed by atoms with Crippen LogP contribution in [0.5, 0.6) is 0 Å². The largest absolute Gasteiger partial charge is 0.393 e. The third-order valence-corrected chi connectivity index (χ3v) is 4.25. The fourth-order valence-electron chi connectivity index (χ4n) is 2.17. The Balaban J connectivity index is 1.63. The van der Waals surface area contributed by atoms with Crippen molar-refractivity contribution < 1.29 is 0 Å². The highest BCUT2D eigenvalue weighted by Crippen LogP contribution is 2.18. The second-order valence-electron chi connectivity index (χ2n) is 4.57. The van der Waals surface area contributed by atoms with Gasteiger partial charge in [0.05, 0.1) is 4.99 Å². The second kappa shape index (κ2) is 7.01. The lowest BCUT2D eigenvalue weighted by atomic mass is 10.2. The van der Waals surface area contributed by atoms with Crippen LogP contribution in [0, 0.1) is 0 Å². The Morgan fingerprint density at radius 2 is 2.11 bits per heavy atom. The van der Waals surface area contributed by atoms with Gasteiger partial charge in [0.1, 0.15) is 0 Å². The standard InChI is InChI=1S/C12H20N4S2/c13-11(17)3-1-2-5-15-6-8-16(9-7-15)12-14-4-10-18-12/h4,10H,1-3,5-9H2,(H2,13,17). The number of thiocarbonyl (C=S) groups is 1. The first-order valence-electron chi connectivity index (χ1n) is 6.41. The van der Waals surface area contributed by atoms with Gasteiger partial charge in [0, 0.05) is 37.8 Å². The van der Waals surface area contributed by atoms with E-state index in [9.17, 15) is 0 Å². The van der Waals surface area contributed by atoms with Crippen LogP contribution in [0.4, 0.5) is 5.13 Å². The normalized spacial score (nSPS) is 17.0. The molecular weight excluding hydrogens is 264 g/mol. The number of aromatic nitrogens is 1. The molecule has 0 aromatic carbocycles. The van der Waals surface area contributed by atoms with E-state index < -0.39 is 0 Å². The van der Waals surface area contributed by atoms with Crippen LogP contribution in [0.2, 0.25) is 0 Å². The van der Waals surface area contributed by atoms with Crippen LogP contribution in [0.25, 0.3) is 0 Å². The van der Waals surface area contributed by atoms with Crippen molar-refractivity contribution in [3.05, 3.63) is 11.6 Å². The number of hydrogen-bond acceptors (Lipinski definition) is 5. The highest BCUT2D eigenvalue weighted by Gasteiger charge is 2.17. The summed E-state index contributed by atoms with van der Waals surface area (Å²) in [6.45, 7) is 5.60. The van der Waals surface area contributed by atoms with Crippen LogP contribution < -0.4 is 10.6 Å². The predicted octanol–water partition coefficient (Wildman–Crippen LogP) is 1.72. The van der Waals surface area contributed by atoms with Crippen molar-refractivity contribution >= 4 is 33.7 Å². The van der Waals surface area contributed by atoms with Gasteiger partial charge in [-0.1, -0.05) is 12.2 Å². The molecule has 2 rings (SSSR count). The zero-order valence-corrected chi connectivity index (χ0v) is 12.2. The summed E-state index contributed by atoms with van der Waals surface area (Å²) in [5, 5.41) is 3.19. The zero-order chi connectivity index (χ0) is 12.8. The van der Waals surface area contributed by atoms with Crippen LogP contribution in [-0.4, -0.2) is 47.6 Å². The summed E-state index contributed by atoms with van der Waals surface area (Å²) in [6.07, 6.45) is 5.06. The van der Waals surface area contributed by atoms with Crippen molar-refractivity contribution in [1.29, 1.82) is 0 Å². The second-order valence-corrected chi connectivity index (χ2v) is 5.96. The Kier molecular flexibility index (Phi) is 5.34. The summed E-state index contributed by atoms with van der Waals surface area (Å²) >= 11 is 6.60. The van der Waals surface area contributed by atoms with E-state index in [-0.39, 0.29) is 0 Å². The first-order chi connectivity index (χ1) is 8.75. The molecule has 2 heterocycles. The molecule has 0 saturated carbocycles. The van der Waals surface area contributed by atoms with Crippen molar-refractivity contribution in [3.8, 4) is 0 Å². The lowest BCUT2D eigenvalue weighted by molar-refractivity contribution is 0.253. The fraction of sp³-hybridized carbons (Fsp3) is 0.667. The maximum Gasteiger partial charge on any atom is 0.185 e. The summed E-state index contributed by atoms with van der Waals surface area (Å²) in [6, 6.07) is 0. The van der Waals surface area contributed by atoms with Gasteiger partial charge in [-0.25, -0.2) is 4.98 Å². The van der Waals surface area contributed by atoms with Gasteiger partial charge in [-0.05, 0) is 25.8 Å². The van der Waals surface area contributed by atoms with Gasteiger partial charge in [-0.2, -0.15) is 0 Å². The van der Waals surface area contributed by atoms with Crippen molar-refractivity contribution in [2.24, 2.45) is 5.73 Å². The van der Waals surface area contributed by atoms with Gasteiger partial charge < -0.3 is 10.6 Å². The van der Waals surface area contributed by atoms with E-state index in [0.717, 1.165) is 50.7 Å². The highest BCUT2D eigenvalue weighted by molar-refractivity contribution is 7.80. The van der Waals surface area contributed by atoms with Crippen molar-refractivity contribution in [2.45, 2.75) is 19.3 Å². The van der Waals surface area contributed by atoms with Crippen LogP contribution >= 0.6 is 23.6 Å². The number of hydrogen-bond donors (Lipinski definition) is 1. The zero-order valence-electron chi connectivity index (χ0n) is 10.5. The summed E-state index contributed by atoms with van der Waals surface area (Å²) in [5.74, 6) is 0. The van der Waals surface area contributed by atoms with E-state index in [4.69, 9.17) is 18.0 Å². The van der Waals surface area contributed by atoms with Crippen molar-refractivity contribution in [3.63, 3.8) is 0 Å². The van der Waals surface area contributed by atoms with Gasteiger partial charge in [0.25, 0.3) is 0 Å². The number of thiazole rings is 1.